The molecule has 8 heteroatoms. The van der Waals surface area contributed by atoms with Crippen molar-refractivity contribution >= 4 is 11.8 Å². The minimum atomic E-state index is -1.71. The van der Waals surface area contributed by atoms with E-state index in [0.29, 0.717) is 0 Å². The summed E-state index contributed by atoms with van der Waals surface area (Å²) >= 11 is 0. The largest absolute Gasteiger partial charge is 0.476 e. The van der Waals surface area contributed by atoms with Crippen LogP contribution in [0.1, 0.15) is 22.3 Å². The van der Waals surface area contributed by atoms with E-state index in [1.807, 2.05) is 0 Å². The Morgan fingerprint density at radius 1 is 1.56 bits per heavy atom. The summed E-state index contributed by atoms with van der Waals surface area (Å²) in [5.74, 6) is -1.72. The van der Waals surface area contributed by atoms with Gasteiger partial charge in [0, 0.05) is 0 Å². The molecule has 16 heavy (non-hydrogen) atoms. The number of aliphatic hydroxyl groups is 2. The molecular weight excluding hydrogens is 216 g/mol. The summed E-state index contributed by atoms with van der Waals surface area (Å²) in [5.41, 5.74) is 4.46. The predicted octanol–water partition coefficient (Wildman–Crippen LogP) is -1.33. The number of aromatic carboxylic acids is 1. The van der Waals surface area contributed by atoms with Gasteiger partial charge in [-0.2, -0.15) is 5.26 Å². The van der Waals surface area contributed by atoms with E-state index in [2.05, 4.69) is 9.97 Å². The fraction of sp³-hybridized carbons (Fsp3) is 0.250. The van der Waals surface area contributed by atoms with Crippen LogP contribution in [0.15, 0.2) is 6.20 Å². The number of hydrogen-bond donors (Lipinski definition) is 4. The van der Waals surface area contributed by atoms with E-state index in [0.717, 1.165) is 6.20 Å². The van der Waals surface area contributed by atoms with Crippen molar-refractivity contribution in [1.29, 1.82) is 5.26 Å². The van der Waals surface area contributed by atoms with Crippen molar-refractivity contribution in [3.63, 3.8) is 0 Å². The molecule has 0 bridgehead atoms. The molecule has 0 fully saturated rings. The second-order valence-corrected chi connectivity index (χ2v) is 2.85. The number of aliphatic hydroxyl groups excluding tert-OH is 2. The summed E-state index contributed by atoms with van der Waals surface area (Å²) in [6.45, 7) is 0. The Labute approximate surface area is 89.6 Å². The van der Waals surface area contributed by atoms with Crippen molar-refractivity contribution in [2.24, 2.45) is 0 Å². The molecule has 1 rings (SSSR count). The number of hydrogen-bond acceptors (Lipinski definition) is 7. The monoisotopic (exact) mass is 224 g/mol. The first-order valence-corrected chi connectivity index (χ1v) is 4.08. The Bertz CT molecular complexity index is 456. The van der Waals surface area contributed by atoms with E-state index in [1.54, 1.807) is 0 Å². The minimum Gasteiger partial charge on any atom is -0.476 e. The van der Waals surface area contributed by atoms with Gasteiger partial charge in [-0.1, -0.05) is 0 Å². The fourth-order valence-corrected chi connectivity index (χ4v) is 0.944. The molecule has 0 aliphatic carbocycles. The summed E-state index contributed by atoms with van der Waals surface area (Å²) in [6, 6.07) is 1.39. The number of rotatable bonds is 3. The second-order valence-electron chi connectivity index (χ2n) is 2.85. The van der Waals surface area contributed by atoms with E-state index in [4.69, 9.17) is 21.2 Å². The second kappa shape index (κ2) is 4.52. The van der Waals surface area contributed by atoms with E-state index >= 15 is 0 Å². The lowest BCUT2D eigenvalue weighted by atomic mass is 10.1. The van der Waals surface area contributed by atoms with E-state index in [1.165, 1.54) is 6.07 Å². The van der Waals surface area contributed by atoms with Gasteiger partial charge in [-0.05, 0) is 0 Å². The molecule has 8 nitrogen and oxygen atoms in total. The Kier molecular flexibility index (Phi) is 3.34. The lowest BCUT2D eigenvalue weighted by Crippen LogP contribution is -2.19. The molecule has 0 aromatic carbocycles. The third-order valence-corrected chi connectivity index (χ3v) is 1.76. The molecule has 0 spiro atoms. The van der Waals surface area contributed by atoms with Gasteiger partial charge in [-0.15, -0.1) is 0 Å². The van der Waals surface area contributed by atoms with Gasteiger partial charge in [0.05, 0.1) is 18.0 Å². The summed E-state index contributed by atoms with van der Waals surface area (Å²) in [5, 5.41) is 35.4. The van der Waals surface area contributed by atoms with Crippen molar-refractivity contribution in [3.8, 4) is 6.07 Å². The molecule has 1 heterocycles. The third-order valence-electron chi connectivity index (χ3n) is 1.76. The Balaban J connectivity index is 3.13. The predicted molar refractivity (Wildman–Crippen MR) is 50.0 cm³/mol. The maximum Gasteiger partial charge on any atom is 0.358 e. The first kappa shape index (κ1) is 11.8. The molecule has 0 radical (unpaired) electrons. The molecule has 1 aromatic heterocycles. The number of nitrogens with zero attached hydrogens (tertiary/aromatic N) is 3. The van der Waals surface area contributed by atoms with Gasteiger partial charge in [-0.25, -0.2) is 14.8 Å². The average molecular weight is 224 g/mol. The lowest BCUT2D eigenvalue weighted by molar-refractivity contribution is 0.0490. The third kappa shape index (κ3) is 2.22. The van der Waals surface area contributed by atoms with Crippen LogP contribution in [0.2, 0.25) is 0 Å². The number of aromatic nitrogens is 2. The molecule has 0 saturated heterocycles. The van der Waals surface area contributed by atoms with E-state index in [-0.39, 0.29) is 11.5 Å². The van der Waals surface area contributed by atoms with Crippen LogP contribution in [0.5, 0.6) is 0 Å². The molecular formula is C8H8N4O4. The van der Waals surface area contributed by atoms with Crippen LogP contribution in [-0.4, -0.2) is 37.4 Å². The number of nitriles is 1. The average Bonchev–Trinajstić information content (AvgIpc) is 2.27. The number of carbonyl (C=O) groups is 1. The number of carboxylic acid groups (broad SMARTS) is 1. The highest BCUT2D eigenvalue weighted by Gasteiger charge is 2.22. The van der Waals surface area contributed by atoms with Crippen molar-refractivity contribution in [2.75, 3.05) is 5.73 Å². The lowest BCUT2D eigenvalue weighted by Gasteiger charge is -2.11. The normalized spacial score (nSPS) is 13.8. The van der Waals surface area contributed by atoms with Crippen molar-refractivity contribution < 1.29 is 20.1 Å². The van der Waals surface area contributed by atoms with Gasteiger partial charge in [0.15, 0.2) is 17.6 Å². The van der Waals surface area contributed by atoms with E-state index < -0.39 is 23.9 Å². The molecule has 2 atom stereocenters. The zero-order chi connectivity index (χ0) is 12.3. The zero-order valence-corrected chi connectivity index (χ0v) is 7.90. The highest BCUT2D eigenvalue weighted by atomic mass is 16.4. The van der Waals surface area contributed by atoms with E-state index in [9.17, 15) is 9.90 Å². The maximum atomic E-state index is 10.6. The fourth-order valence-electron chi connectivity index (χ4n) is 0.944. The topological polar surface area (TPSA) is 153 Å². The Hall–Kier alpha value is -2.24. The molecule has 1 aromatic rings. The van der Waals surface area contributed by atoms with Crippen molar-refractivity contribution in [1.82, 2.24) is 9.97 Å². The van der Waals surface area contributed by atoms with Gasteiger partial charge >= 0.3 is 5.97 Å². The first-order valence-electron chi connectivity index (χ1n) is 4.08. The molecule has 2 unspecified atom stereocenters. The summed E-state index contributed by atoms with van der Waals surface area (Å²) in [4.78, 5) is 17.6. The number of carboxylic acids is 1. The van der Waals surface area contributed by atoms with Gasteiger partial charge in [0.2, 0.25) is 0 Å². The Morgan fingerprint density at radius 3 is 2.69 bits per heavy atom. The molecule has 0 aliphatic rings. The summed E-state index contributed by atoms with van der Waals surface area (Å²) < 4.78 is 0. The van der Waals surface area contributed by atoms with Gasteiger partial charge in [0.25, 0.3) is 0 Å². The van der Waals surface area contributed by atoms with Gasteiger partial charge in [-0.3, -0.25) is 0 Å². The standard InChI is InChI=1S/C8H8N4O4/c9-1-4(13)6(14)3-2-11-7(10)5(12-3)8(15)16/h2,4,6,13-14H,(H2,10,11)(H,15,16). The number of nitrogen functional groups attached to an aromatic ring is 1. The highest BCUT2D eigenvalue weighted by Crippen LogP contribution is 2.15. The molecule has 0 amide bonds. The van der Waals surface area contributed by atoms with Crippen LogP contribution in [-0.2, 0) is 0 Å². The van der Waals surface area contributed by atoms with Crippen molar-refractivity contribution in [2.45, 2.75) is 12.2 Å². The Morgan fingerprint density at radius 2 is 2.19 bits per heavy atom. The quantitative estimate of drug-likeness (QED) is 0.460. The first-order chi connectivity index (χ1) is 7.47. The van der Waals surface area contributed by atoms with Crippen LogP contribution in [0.3, 0.4) is 0 Å². The molecule has 0 saturated carbocycles. The van der Waals surface area contributed by atoms with Crippen molar-refractivity contribution in [3.05, 3.63) is 17.6 Å². The van der Waals surface area contributed by atoms with Crippen LogP contribution in [0.4, 0.5) is 5.82 Å². The number of anilines is 1. The molecule has 5 N–H and O–H groups in total. The summed E-state index contributed by atoms with van der Waals surface area (Å²) in [7, 11) is 0. The maximum absolute atomic E-state index is 10.6. The smallest absolute Gasteiger partial charge is 0.358 e. The van der Waals surface area contributed by atoms with Gasteiger partial charge < -0.3 is 21.1 Å². The van der Waals surface area contributed by atoms with Crippen LogP contribution < -0.4 is 5.73 Å². The van der Waals surface area contributed by atoms with Gasteiger partial charge in [0.1, 0.15) is 6.10 Å². The van der Waals surface area contributed by atoms with Crippen LogP contribution in [0, 0.1) is 11.3 Å². The highest BCUT2D eigenvalue weighted by molar-refractivity contribution is 5.90. The SMILES string of the molecule is N#CC(O)C(O)c1cnc(N)c(C(=O)O)n1. The minimum absolute atomic E-state index is 0.236. The number of nitrogens with two attached hydrogens (primary N) is 1. The summed E-state index contributed by atoms with van der Waals surface area (Å²) in [6.07, 6.45) is -2.34. The molecule has 0 aliphatic heterocycles. The van der Waals surface area contributed by atoms with Crippen LogP contribution >= 0.6 is 0 Å². The van der Waals surface area contributed by atoms with Crippen LogP contribution in [0.25, 0.3) is 0 Å². The molecule has 84 valence electrons. The zero-order valence-electron chi connectivity index (χ0n) is 7.90.